The Morgan fingerprint density at radius 3 is 1.87 bits per heavy atom. The first-order valence-corrected chi connectivity index (χ1v) is 12.4. The van der Waals surface area contributed by atoms with E-state index in [9.17, 15) is 8.42 Å². The molecule has 2 aromatic carbocycles. The van der Waals surface area contributed by atoms with Crippen molar-refractivity contribution in [2.45, 2.75) is 11.3 Å². The number of halogens is 2. The van der Waals surface area contributed by atoms with Crippen LogP contribution in [0.3, 0.4) is 0 Å². The summed E-state index contributed by atoms with van der Waals surface area (Å²) in [5, 5.41) is 0.811. The lowest BCUT2D eigenvalue weighted by molar-refractivity contribution is 0.0655. The first kappa shape index (κ1) is 21.3. The zero-order valence-corrected chi connectivity index (χ0v) is 18.8. The minimum Gasteiger partial charge on any atom is -0.292 e. The highest BCUT2D eigenvalue weighted by Gasteiger charge is 2.42. The molecule has 3 aromatic rings. The van der Waals surface area contributed by atoms with Gasteiger partial charge < -0.3 is 0 Å². The predicted octanol–water partition coefficient (Wildman–Crippen LogP) is 5.20. The Morgan fingerprint density at radius 2 is 1.43 bits per heavy atom. The van der Waals surface area contributed by atoms with Crippen LogP contribution in [0, 0.1) is 5.92 Å². The molecule has 1 aromatic heterocycles. The van der Waals surface area contributed by atoms with Crippen molar-refractivity contribution in [1.29, 1.82) is 0 Å². The Labute approximate surface area is 187 Å². The second-order valence-electron chi connectivity index (χ2n) is 7.76. The number of hydrogen-bond donors (Lipinski definition) is 0. The molecule has 1 saturated heterocycles. The molecule has 1 atom stereocenters. The number of nitrogens with zero attached hydrogens (tertiary/aromatic N) is 2. The summed E-state index contributed by atoms with van der Waals surface area (Å²) >= 11 is 12.2. The van der Waals surface area contributed by atoms with Crippen molar-refractivity contribution in [2.24, 2.45) is 5.92 Å². The highest BCUT2D eigenvalue weighted by atomic mass is 35.5. The highest BCUT2D eigenvalue weighted by molar-refractivity contribution is 7.90. The van der Waals surface area contributed by atoms with Crippen LogP contribution in [-0.4, -0.2) is 37.6 Å². The average molecular weight is 461 g/mol. The molecule has 0 amide bonds. The van der Waals surface area contributed by atoms with Gasteiger partial charge in [0, 0.05) is 47.7 Å². The summed E-state index contributed by atoms with van der Waals surface area (Å²) in [7, 11) is -3.27. The number of likely N-dealkylation sites (tertiary alicyclic amines) is 1. The number of sulfone groups is 1. The molecule has 2 heterocycles. The monoisotopic (exact) mass is 460 g/mol. The minimum absolute atomic E-state index is 0.00453. The Morgan fingerprint density at radius 1 is 0.900 bits per heavy atom. The molecule has 7 heteroatoms. The second kappa shape index (κ2) is 8.67. The van der Waals surface area contributed by atoms with Crippen LogP contribution in [0.2, 0.25) is 10.0 Å². The summed E-state index contributed by atoms with van der Waals surface area (Å²) in [5.41, 5.74) is 2.97. The fourth-order valence-electron chi connectivity index (χ4n) is 4.27. The summed E-state index contributed by atoms with van der Waals surface area (Å²) in [6.07, 6.45) is 4.63. The maximum Gasteiger partial charge on any atom is 0.154 e. The third-order valence-corrected chi connectivity index (χ3v) is 7.66. The van der Waals surface area contributed by atoms with Gasteiger partial charge in [-0.15, -0.1) is 0 Å². The SMILES string of the molecule is CS(=O)(=O)[C@H](c1cccnc1)C1CN(C(c2ccc(Cl)cc2)c2ccc(Cl)cc2)C1. The predicted molar refractivity (Wildman–Crippen MR) is 122 cm³/mol. The van der Waals surface area contributed by atoms with Crippen LogP contribution in [-0.2, 0) is 9.84 Å². The molecule has 0 N–H and O–H groups in total. The van der Waals surface area contributed by atoms with Gasteiger partial charge in [-0.25, -0.2) is 8.42 Å². The zero-order chi connectivity index (χ0) is 21.3. The van der Waals surface area contributed by atoms with E-state index in [-0.39, 0.29) is 12.0 Å². The van der Waals surface area contributed by atoms with Crippen LogP contribution in [0.1, 0.15) is 28.0 Å². The molecule has 1 aliphatic rings. The van der Waals surface area contributed by atoms with Crippen molar-refractivity contribution in [3.63, 3.8) is 0 Å². The lowest BCUT2D eigenvalue weighted by Crippen LogP contribution is -2.52. The van der Waals surface area contributed by atoms with Crippen molar-refractivity contribution in [1.82, 2.24) is 9.88 Å². The van der Waals surface area contributed by atoms with Gasteiger partial charge in [-0.05, 0) is 47.0 Å². The summed E-state index contributed by atoms with van der Waals surface area (Å²) in [6, 6.07) is 19.2. The summed E-state index contributed by atoms with van der Waals surface area (Å²) in [6.45, 7) is 1.34. The van der Waals surface area contributed by atoms with Gasteiger partial charge in [-0.2, -0.15) is 0 Å². The van der Waals surface area contributed by atoms with Gasteiger partial charge in [0.05, 0.1) is 11.3 Å². The van der Waals surface area contributed by atoms with Crippen molar-refractivity contribution in [2.75, 3.05) is 19.3 Å². The van der Waals surface area contributed by atoms with Crippen molar-refractivity contribution in [3.05, 3.63) is 99.8 Å². The van der Waals surface area contributed by atoms with E-state index in [0.717, 1.165) is 16.7 Å². The molecule has 1 aliphatic heterocycles. The quantitative estimate of drug-likeness (QED) is 0.507. The maximum atomic E-state index is 12.6. The molecule has 0 unspecified atom stereocenters. The van der Waals surface area contributed by atoms with E-state index < -0.39 is 15.1 Å². The lowest BCUT2D eigenvalue weighted by Gasteiger charge is -2.47. The van der Waals surface area contributed by atoms with Gasteiger partial charge in [0.2, 0.25) is 0 Å². The van der Waals surface area contributed by atoms with E-state index in [0.29, 0.717) is 23.1 Å². The zero-order valence-electron chi connectivity index (χ0n) is 16.4. The third-order valence-electron chi connectivity index (χ3n) is 5.58. The summed E-state index contributed by atoms with van der Waals surface area (Å²) < 4.78 is 25.2. The van der Waals surface area contributed by atoms with Crippen molar-refractivity contribution >= 4 is 33.0 Å². The minimum atomic E-state index is -3.27. The van der Waals surface area contributed by atoms with Crippen LogP contribution in [0.25, 0.3) is 0 Å². The third kappa shape index (κ3) is 4.54. The fraction of sp³-hybridized carbons (Fsp3) is 0.261. The van der Waals surface area contributed by atoms with Crippen molar-refractivity contribution in [3.8, 4) is 0 Å². The molecule has 4 nitrogen and oxygen atoms in total. The first-order valence-electron chi connectivity index (χ1n) is 9.66. The number of pyridine rings is 1. The van der Waals surface area contributed by atoms with Gasteiger partial charge in [0.15, 0.2) is 9.84 Å². The molecule has 0 spiro atoms. The molecule has 0 bridgehead atoms. The van der Waals surface area contributed by atoms with Crippen LogP contribution in [0.5, 0.6) is 0 Å². The van der Waals surface area contributed by atoms with Crippen LogP contribution in [0.15, 0.2) is 73.1 Å². The number of hydrogen-bond acceptors (Lipinski definition) is 4. The van der Waals surface area contributed by atoms with Gasteiger partial charge in [0.1, 0.15) is 0 Å². The fourth-order valence-corrected chi connectivity index (χ4v) is 6.03. The van der Waals surface area contributed by atoms with Gasteiger partial charge in [-0.3, -0.25) is 9.88 Å². The van der Waals surface area contributed by atoms with E-state index in [1.165, 1.54) is 6.26 Å². The summed E-state index contributed by atoms with van der Waals surface area (Å²) in [5.74, 6) is 0.00583. The van der Waals surface area contributed by atoms with E-state index >= 15 is 0 Å². The first-order chi connectivity index (χ1) is 14.3. The maximum absolute atomic E-state index is 12.6. The number of benzene rings is 2. The average Bonchev–Trinajstić information content (AvgIpc) is 2.68. The summed E-state index contributed by atoms with van der Waals surface area (Å²) in [4.78, 5) is 6.42. The smallest absolute Gasteiger partial charge is 0.154 e. The molecule has 4 rings (SSSR count). The van der Waals surface area contributed by atoms with Gasteiger partial charge >= 0.3 is 0 Å². The normalized spacial score (nSPS) is 16.4. The molecule has 0 saturated carbocycles. The van der Waals surface area contributed by atoms with E-state index in [4.69, 9.17) is 23.2 Å². The van der Waals surface area contributed by atoms with Crippen LogP contribution in [0.4, 0.5) is 0 Å². The second-order valence-corrected chi connectivity index (χ2v) is 10.8. The largest absolute Gasteiger partial charge is 0.292 e. The van der Waals surface area contributed by atoms with E-state index in [1.807, 2.05) is 54.6 Å². The van der Waals surface area contributed by atoms with E-state index in [1.54, 1.807) is 18.5 Å². The topological polar surface area (TPSA) is 50.3 Å². The molecule has 156 valence electrons. The lowest BCUT2D eigenvalue weighted by atomic mass is 9.87. The molecule has 0 radical (unpaired) electrons. The molecular weight excluding hydrogens is 439 g/mol. The Kier molecular flexibility index (Phi) is 6.16. The molecule has 0 aliphatic carbocycles. The van der Waals surface area contributed by atoms with Crippen molar-refractivity contribution < 1.29 is 8.42 Å². The number of rotatable bonds is 6. The van der Waals surface area contributed by atoms with Gasteiger partial charge in [0.25, 0.3) is 0 Å². The number of aromatic nitrogens is 1. The standard InChI is InChI=1S/C23H22Cl2N2O2S/c1-30(28,29)23(18-3-2-12-26-13-18)19-14-27(15-19)22(16-4-8-20(24)9-5-16)17-6-10-21(25)11-7-17/h2-13,19,22-23H,14-15H2,1H3/t23-/m1/s1. The molecular formula is C23H22Cl2N2O2S. The van der Waals surface area contributed by atoms with Gasteiger partial charge in [-0.1, -0.05) is 53.5 Å². The molecule has 1 fully saturated rings. The Hall–Kier alpha value is -1.92. The van der Waals surface area contributed by atoms with E-state index in [2.05, 4.69) is 9.88 Å². The van der Waals surface area contributed by atoms with Crippen LogP contribution < -0.4 is 0 Å². The highest BCUT2D eigenvalue weighted by Crippen LogP contribution is 2.41. The Balaban J connectivity index is 1.62. The molecule has 30 heavy (non-hydrogen) atoms. The van der Waals surface area contributed by atoms with Crippen LogP contribution >= 0.6 is 23.2 Å². The Bertz CT molecular complexity index is 1050.